The van der Waals surface area contributed by atoms with E-state index < -0.39 is 0 Å². The minimum absolute atomic E-state index is 0.0652. The van der Waals surface area contributed by atoms with E-state index in [2.05, 4.69) is 10.6 Å². The van der Waals surface area contributed by atoms with Gasteiger partial charge in [0.2, 0.25) is 5.91 Å². The molecule has 4 N–H and O–H groups in total. The maximum absolute atomic E-state index is 14.2. The molecule has 1 aromatic rings. The molecule has 1 aromatic carbocycles. The zero-order valence-electron chi connectivity index (χ0n) is 13.9. The normalized spacial score (nSPS) is 27.0. The molecule has 2 fully saturated rings. The van der Waals surface area contributed by atoms with Gasteiger partial charge in [0, 0.05) is 30.8 Å². The highest BCUT2D eigenvalue weighted by Gasteiger charge is 2.25. The smallest absolute Gasteiger partial charge is 0.227 e. The number of hydrogen-bond donors (Lipinski definition) is 3. The van der Waals surface area contributed by atoms with Crippen molar-refractivity contribution in [2.24, 2.45) is 11.7 Å². The van der Waals surface area contributed by atoms with Crippen LogP contribution >= 0.6 is 0 Å². The number of carbonyl (C=O) groups excluding carboxylic acids is 1. The highest BCUT2D eigenvalue weighted by molar-refractivity contribution is 5.92. The van der Waals surface area contributed by atoms with Crippen LogP contribution in [-0.4, -0.2) is 31.2 Å². The molecule has 0 radical (unpaired) electrons. The van der Waals surface area contributed by atoms with Crippen molar-refractivity contribution in [3.8, 4) is 0 Å². The van der Waals surface area contributed by atoms with Crippen LogP contribution in [0.15, 0.2) is 18.2 Å². The number of anilines is 2. The third-order valence-electron chi connectivity index (χ3n) is 4.87. The zero-order valence-corrected chi connectivity index (χ0v) is 13.9. The SMILES string of the molecule is NC1CCCC(C(=O)Nc2ccc(NCC3CCCO3)c(F)c2)C1. The van der Waals surface area contributed by atoms with Gasteiger partial charge in [-0.1, -0.05) is 6.42 Å². The van der Waals surface area contributed by atoms with Gasteiger partial charge in [-0.3, -0.25) is 4.79 Å². The number of benzene rings is 1. The van der Waals surface area contributed by atoms with Crippen LogP contribution in [0.3, 0.4) is 0 Å². The highest BCUT2D eigenvalue weighted by atomic mass is 19.1. The van der Waals surface area contributed by atoms with Gasteiger partial charge in [-0.2, -0.15) is 0 Å². The molecule has 24 heavy (non-hydrogen) atoms. The molecule has 1 amide bonds. The van der Waals surface area contributed by atoms with Crippen molar-refractivity contribution in [3.63, 3.8) is 0 Å². The van der Waals surface area contributed by atoms with Crippen LogP contribution < -0.4 is 16.4 Å². The van der Waals surface area contributed by atoms with Crippen LogP contribution in [0, 0.1) is 11.7 Å². The lowest BCUT2D eigenvalue weighted by molar-refractivity contribution is -0.120. The Labute approximate surface area is 142 Å². The van der Waals surface area contributed by atoms with Gasteiger partial charge in [0.25, 0.3) is 0 Å². The van der Waals surface area contributed by atoms with Gasteiger partial charge in [-0.05, 0) is 50.3 Å². The topological polar surface area (TPSA) is 76.4 Å². The van der Waals surface area contributed by atoms with Crippen molar-refractivity contribution in [2.45, 2.75) is 50.7 Å². The molecule has 3 rings (SSSR count). The van der Waals surface area contributed by atoms with Crippen LogP contribution in [0.4, 0.5) is 15.8 Å². The van der Waals surface area contributed by atoms with Gasteiger partial charge in [0.05, 0.1) is 11.8 Å². The lowest BCUT2D eigenvalue weighted by Crippen LogP contribution is -2.34. The fraction of sp³-hybridized carbons (Fsp3) is 0.611. The maximum atomic E-state index is 14.2. The largest absolute Gasteiger partial charge is 0.380 e. The zero-order chi connectivity index (χ0) is 16.9. The van der Waals surface area contributed by atoms with Crippen molar-refractivity contribution >= 4 is 17.3 Å². The Morgan fingerprint density at radius 2 is 2.17 bits per heavy atom. The standard InChI is InChI=1S/C18H26FN3O2/c19-16-10-14(22-18(23)12-3-1-4-13(20)9-12)6-7-17(16)21-11-15-5-2-8-24-15/h6-7,10,12-13,15,21H,1-5,8-9,11,20H2,(H,22,23). The number of rotatable bonds is 5. The molecule has 1 aliphatic heterocycles. The molecule has 3 atom stereocenters. The monoisotopic (exact) mass is 335 g/mol. The second-order valence-corrected chi connectivity index (χ2v) is 6.82. The Morgan fingerprint density at radius 1 is 1.29 bits per heavy atom. The lowest BCUT2D eigenvalue weighted by Gasteiger charge is -2.25. The van der Waals surface area contributed by atoms with E-state index in [4.69, 9.17) is 10.5 Å². The summed E-state index contributed by atoms with van der Waals surface area (Å²) in [6.45, 7) is 1.38. The molecular weight excluding hydrogens is 309 g/mol. The Kier molecular flexibility index (Phi) is 5.68. The number of amides is 1. The first kappa shape index (κ1) is 17.2. The molecule has 0 aromatic heterocycles. The molecule has 0 bridgehead atoms. The summed E-state index contributed by atoms with van der Waals surface area (Å²) in [5, 5.41) is 5.89. The quantitative estimate of drug-likeness (QED) is 0.773. The van der Waals surface area contributed by atoms with Gasteiger partial charge in [-0.15, -0.1) is 0 Å². The molecule has 2 aliphatic rings. The minimum atomic E-state index is -0.369. The fourth-order valence-corrected chi connectivity index (χ4v) is 3.48. The van der Waals surface area contributed by atoms with Crippen LogP contribution in [0.1, 0.15) is 38.5 Å². The molecule has 0 spiro atoms. The van der Waals surface area contributed by atoms with Gasteiger partial charge in [0.1, 0.15) is 5.82 Å². The molecule has 1 saturated heterocycles. The van der Waals surface area contributed by atoms with E-state index in [1.807, 2.05) is 0 Å². The molecule has 6 heteroatoms. The summed E-state index contributed by atoms with van der Waals surface area (Å²) in [4.78, 5) is 12.3. The van der Waals surface area contributed by atoms with Crippen molar-refractivity contribution < 1.29 is 13.9 Å². The average Bonchev–Trinajstić information content (AvgIpc) is 3.07. The molecule has 5 nitrogen and oxygen atoms in total. The van der Waals surface area contributed by atoms with Crippen LogP contribution in [0.5, 0.6) is 0 Å². The van der Waals surface area contributed by atoms with Crippen molar-refractivity contribution in [3.05, 3.63) is 24.0 Å². The lowest BCUT2D eigenvalue weighted by atomic mass is 9.85. The predicted octanol–water partition coefficient (Wildman–Crippen LogP) is 2.87. The van der Waals surface area contributed by atoms with Crippen LogP contribution in [-0.2, 0) is 9.53 Å². The van der Waals surface area contributed by atoms with E-state index in [-0.39, 0.29) is 29.8 Å². The van der Waals surface area contributed by atoms with Gasteiger partial charge < -0.3 is 21.1 Å². The number of nitrogens with one attached hydrogen (secondary N) is 2. The first-order valence-corrected chi connectivity index (χ1v) is 8.83. The summed E-state index contributed by atoms with van der Waals surface area (Å²) < 4.78 is 19.7. The van der Waals surface area contributed by atoms with E-state index in [0.717, 1.165) is 38.7 Å². The summed E-state index contributed by atoms with van der Waals surface area (Å²) in [7, 11) is 0. The number of hydrogen-bond acceptors (Lipinski definition) is 4. The summed E-state index contributed by atoms with van der Waals surface area (Å²) >= 11 is 0. The second kappa shape index (κ2) is 7.94. The number of halogens is 1. The van der Waals surface area contributed by atoms with Crippen LogP contribution in [0.2, 0.25) is 0 Å². The Morgan fingerprint density at radius 3 is 2.88 bits per heavy atom. The Bertz CT molecular complexity index is 575. The Balaban J connectivity index is 1.54. The third-order valence-corrected chi connectivity index (χ3v) is 4.87. The molecule has 1 aliphatic carbocycles. The van der Waals surface area contributed by atoms with E-state index >= 15 is 0 Å². The minimum Gasteiger partial charge on any atom is -0.380 e. The van der Waals surface area contributed by atoms with Crippen LogP contribution in [0.25, 0.3) is 0 Å². The number of ether oxygens (including phenoxy) is 1. The molecule has 1 heterocycles. The number of carbonyl (C=O) groups is 1. The van der Waals surface area contributed by atoms with E-state index in [9.17, 15) is 9.18 Å². The van der Waals surface area contributed by atoms with Crippen molar-refractivity contribution in [1.29, 1.82) is 0 Å². The van der Waals surface area contributed by atoms with Gasteiger partial charge in [0.15, 0.2) is 0 Å². The average molecular weight is 335 g/mol. The molecule has 132 valence electrons. The summed E-state index contributed by atoms with van der Waals surface area (Å²) in [6.07, 6.45) is 5.72. The first-order valence-electron chi connectivity index (χ1n) is 8.83. The molecule has 3 unspecified atom stereocenters. The third kappa shape index (κ3) is 4.45. The fourth-order valence-electron chi connectivity index (χ4n) is 3.48. The summed E-state index contributed by atoms with van der Waals surface area (Å²) in [5.74, 6) is -0.509. The maximum Gasteiger partial charge on any atom is 0.227 e. The van der Waals surface area contributed by atoms with Crippen molar-refractivity contribution in [2.75, 3.05) is 23.8 Å². The van der Waals surface area contributed by atoms with Crippen molar-refractivity contribution in [1.82, 2.24) is 0 Å². The van der Waals surface area contributed by atoms with E-state index in [0.29, 0.717) is 24.3 Å². The molecular formula is C18H26FN3O2. The molecule has 1 saturated carbocycles. The van der Waals surface area contributed by atoms with Gasteiger partial charge >= 0.3 is 0 Å². The first-order chi connectivity index (χ1) is 11.6. The van der Waals surface area contributed by atoms with E-state index in [1.165, 1.54) is 6.07 Å². The van der Waals surface area contributed by atoms with Gasteiger partial charge in [-0.25, -0.2) is 4.39 Å². The number of nitrogens with two attached hydrogens (primary N) is 1. The summed E-state index contributed by atoms with van der Waals surface area (Å²) in [6, 6.07) is 4.84. The predicted molar refractivity (Wildman–Crippen MR) is 92.4 cm³/mol. The van der Waals surface area contributed by atoms with E-state index in [1.54, 1.807) is 12.1 Å². The highest BCUT2D eigenvalue weighted by Crippen LogP contribution is 2.26. The second-order valence-electron chi connectivity index (χ2n) is 6.82. The Hall–Kier alpha value is -1.66. The summed E-state index contributed by atoms with van der Waals surface area (Å²) in [5.41, 5.74) is 6.85.